The molecule has 0 spiro atoms. The van der Waals surface area contributed by atoms with Gasteiger partial charge in [-0.3, -0.25) is 14.2 Å². The number of aromatic nitrogens is 4. The summed E-state index contributed by atoms with van der Waals surface area (Å²) in [5, 5.41) is 8.08. The minimum atomic E-state index is -0.271. The van der Waals surface area contributed by atoms with Gasteiger partial charge in [-0.2, -0.15) is 5.10 Å². The molecule has 170 valence electrons. The molecule has 4 aromatic rings. The molecule has 0 saturated heterocycles. The number of nitrogens with one attached hydrogen (secondary N) is 1. The van der Waals surface area contributed by atoms with E-state index < -0.39 is 0 Å². The average molecular weight is 468 g/mol. The van der Waals surface area contributed by atoms with E-state index in [0.29, 0.717) is 47.2 Å². The summed E-state index contributed by atoms with van der Waals surface area (Å²) in [7, 11) is 1.56. The van der Waals surface area contributed by atoms with Gasteiger partial charge in [-0.15, -0.1) is 0 Å². The predicted molar refractivity (Wildman–Crippen MR) is 124 cm³/mol. The van der Waals surface area contributed by atoms with Gasteiger partial charge in [0.25, 0.3) is 11.5 Å². The van der Waals surface area contributed by atoms with Gasteiger partial charge in [0.1, 0.15) is 23.2 Å². The molecule has 2 aromatic heterocycles. The Balaban J connectivity index is 1.33. The predicted octanol–water partition coefficient (Wildman–Crippen LogP) is 2.50. The second-order valence-corrected chi connectivity index (χ2v) is 7.66. The molecule has 0 atom stereocenters. The highest BCUT2D eigenvalue weighted by Crippen LogP contribution is 2.18. The van der Waals surface area contributed by atoms with E-state index in [1.807, 2.05) is 12.1 Å². The average Bonchev–Trinajstić information content (AvgIpc) is 3.25. The molecule has 0 unspecified atom stereocenters. The first kappa shape index (κ1) is 22.3. The highest BCUT2D eigenvalue weighted by atomic mass is 35.5. The van der Waals surface area contributed by atoms with E-state index in [9.17, 15) is 9.59 Å². The maximum Gasteiger partial charge on any atom is 0.264 e. The Morgan fingerprint density at radius 2 is 1.94 bits per heavy atom. The summed E-state index contributed by atoms with van der Waals surface area (Å²) in [6.07, 6.45) is 2.99. The SMILES string of the molecule is COc1cccc(OCC(=O)NCCn2ncc3c(=O)n(Cc4ccc(Cl)cc4)cnc32)c1. The van der Waals surface area contributed by atoms with Crippen molar-refractivity contribution in [2.45, 2.75) is 13.1 Å². The van der Waals surface area contributed by atoms with Gasteiger partial charge in [0, 0.05) is 17.6 Å². The molecule has 0 bridgehead atoms. The Morgan fingerprint density at radius 1 is 1.15 bits per heavy atom. The van der Waals surface area contributed by atoms with E-state index in [2.05, 4.69) is 15.4 Å². The molecule has 9 nitrogen and oxygen atoms in total. The third-order valence-electron chi connectivity index (χ3n) is 4.95. The number of carbonyl (C=O) groups is 1. The second kappa shape index (κ2) is 10.2. The van der Waals surface area contributed by atoms with Crippen LogP contribution in [0, 0.1) is 0 Å². The zero-order valence-electron chi connectivity index (χ0n) is 17.9. The number of carbonyl (C=O) groups excluding carboxylic acids is 1. The number of fused-ring (bicyclic) bond motifs is 1. The van der Waals surface area contributed by atoms with Crippen molar-refractivity contribution in [2.24, 2.45) is 0 Å². The minimum Gasteiger partial charge on any atom is -0.497 e. The molecule has 2 aromatic carbocycles. The smallest absolute Gasteiger partial charge is 0.264 e. The molecular formula is C23H22ClN5O4. The van der Waals surface area contributed by atoms with Crippen molar-refractivity contribution < 1.29 is 14.3 Å². The van der Waals surface area contributed by atoms with Crippen LogP contribution in [0.5, 0.6) is 11.5 Å². The van der Waals surface area contributed by atoms with Crippen molar-refractivity contribution in [1.29, 1.82) is 0 Å². The van der Waals surface area contributed by atoms with Crippen molar-refractivity contribution >= 4 is 28.5 Å². The lowest BCUT2D eigenvalue weighted by atomic mass is 10.2. The highest BCUT2D eigenvalue weighted by molar-refractivity contribution is 6.30. The van der Waals surface area contributed by atoms with Crippen LogP contribution in [0.3, 0.4) is 0 Å². The summed E-state index contributed by atoms with van der Waals surface area (Å²) in [5.74, 6) is 0.924. The highest BCUT2D eigenvalue weighted by Gasteiger charge is 2.11. The molecule has 4 rings (SSSR count). The number of ether oxygens (including phenoxy) is 2. The molecule has 1 amide bonds. The number of benzene rings is 2. The Kier molecular flexibility index (Phi) is 6.89. The molecular weight excluding hydrogens is 446 g/mol. The molecule has 33 heavy (non-hydrogen) atoms. The Bertz CT molecular complexity index is 1320. The molecule has 1 N–H and O–H groups in total. The number of halogens is 1. The van der Waals surface area contributed by atoms with Gasteiger partial charge in [-0.05, 0) is 29.8 Å². The normalized spacial score (nSPS) is 10.8. The molecule has 0 aliphatic heterocycles. The number of hydrogen-bond acceptors (Lipinski definition) is 6. The number of methoxy groups -OCH3 is 1. The van der Waals surface area contributed by atoms with E-state index >= 15 is 0 Å². The zero-order valence-corrected chi connectivity index (χ0v) is 18.7. The lowest BCUT2D eigenvalue weighted by molar-refractivity contribution is -0.123. The molecule has 0 aliphatic carbocycles. The van der Waals surface area contributed by atoms with E-state index in [1.165, 1.54) is 17.1 Å². The minimum absolute atomic E-state index is 0.124. The van der Waals surface area contributed by atoms with Crippen molar-refractivity contribution in [1.82, 2.24) is 24.6 Å². The van der Waals surface area contributed by atoms with Gasteiger partial charge < -0.3 is 14.8 Å². The van der Waals surface area contributed by atoms with Crippen LogP contribution in [-0.4, -0.2) is 45.5 Å². The number of amides is 1. The van der Waals surface area contributed by atoms with Crippen molar-refractivity contribution in [2.75, 3.05) is 20.3 Å². The summed E-state index contributed by atoms with van der Waals surface area (Å²) in [6, 6.07) is 14.3. The van der Waals surface area contributed by atoms with Crippen LogP contribution in [-0.2, 0) is 17.9 Å². The Labute approximate surface area is 194 Å². The van der Waals surface area contributed by atoms with Crippen molar-refractivity contribution in [3.8, 4) is 11.5 Å². The van der Waals surface area contributed by atoms with Gasteiger partial charge >= 0.3 is 0 Å². The maximum absolute atomic E-state index is 12.8. The van der Waals surface area contributed by atoms with E-state index in [1.54, 1.807) is 48.2 Å². The standard InChI is InChI=1S/C23H22ClN5O4/c1-32-18-3-2-4-19(11-18)33-14-21(30)25-9-10-29-22-20(12-27-29)23(31)28(15-26-22)13-16-5-7-17(24)8-6-16/h2-8,11-12,15H,9-10,13-14H2,1H3,(H,25,30). The Hall–Kier alpha value is -3.85. The second-order valence-electron chi connectivity index (χ2n) is 7.23. The molecule has 0 fully saturated rings. The van der Waals surface area contributed by atoms with Crippen LogP contribution in [0.15, 0.2) is 65.8 Å². The quantitative estimate of drug-likeness (QED) is 0.406. The molecule has 2 heterocycles. The van der Waals surface area contributed by atoms with Gasteiger partial charge in [0.15, 0.2) is 12.3 Å². The van der Waals surface area contributed by atoms with Crippen LogP contribution in [0.2, 0.25) is 5.02 Å². The first-order valence-corrected chi connectivity index (χ1v) is 10.6. The van der Waals surface area contributed by atoms with Crippen LogP contribution in [0.25, 0.3) is 11.0 Å². The largest absolute Gasteiger partial charge is 0.497 e. The first-order valence-electron chi connectivity index (χ1n) is 10.2. The molecule has 0 aliphatic rings. The van der Waals surface area contributed by atoms with Gasteiger partial charge in [0.2, 0.25) is 0 Å². The lowest BCUT2D eigenvalue weighted by Gasteiger charge is -2.09. The summed E-state index contributed by atoms with van der Waals surface area (Å²) >= 11 is 5.92. The molecule has 0 saturated carbocycles. The topological polar surface area (TPSA) is 100 Å². The monoisotopic (exact) mass is 467 g/mol. The van der Waals surface area contributed by atoms with E-state index in [4.69, 9.17) is 21.1 Å². The summed E-state index contributed by atoms with van der Waals surface area (Å²) in [5.41, 5.74) is 1.22. The fraction of sp³-hybridized carbons (Fsp3) is 0.217. The first-order chi connectivity index (χ1) is 16.0. The zero-order chi connectivity index (χ0) is 23.2. The van der Waals surface area contributed by atoms with Crippen molar-refractivity contribution in [3.05, 3.63) is 82.0 Å². The third-order valence-corrected chi connectivity index (χ3v) is 5.20. The lowest BCUT2D eigenvalue weighted by Crippen LogP contribution is -2.31. The van der Waals surface area contributed by atoms with Crippen molar-refractivity contribution in [3.63, 3.8) is 0 Å². The van der Waals surface area contributed by atoms with Crippen LogP contribution < -0.4 is 20.3 Å². The fourth-order valence-electron chi connectivity index (χ4n) is 3.25. The molecule has 0 radical (unpaired) electrons. The number of nitrogens with zero attached hydrogens (tertiary/aromatic N) is 4. The maximum atomic E-state index is 12.8. The number of rotatable bonds is 9. The Morgan fingerprint density at radius 3 is 2.73 bits per heavy atom. The van der Waals surface area contributed by atoms with Gasteiger partial charge in [0.05, 0.1) is 26.4 Å². The van der Waals surface area contributed by atoms with Crippen LogP contribution in [0.4, 0.5) is 0 Å². The van der Waals surface area contributed by atoms with Gasteiger partial charge in [-0.25, -0.2) is 9.67 Å². The fourth-order valence-corrected chi connectivity index (χ4v) is 3.38. The summed E-state index contributed by atoms with van der Waals surface area (Å²) in [4.78, 5) is 29.3. The van der Waals surface area contributed by atoms with Crippen LogP contribution >= 0.6 is 11.6 Å². The van der Waals surface area contributed by atoms with E-state index in [-0.39, 0.29) is 18.1 Å². The summed E-state index contributed by atoms with van der Waals surface area (Å²) in [6.45, 7) is 0.933. The van der Waals surface area contributed by atoms with E-state index in [0.717, 1.165) is 5.56 Å². The van der Waals surface area contributed by atoms with Gasteiger partial charge in [-0.1, -0.05) is 29.8 Å². The third kappa shape index (κ3) is 5.50. The number of hydrogen-bond donors (Lipinski definition) is 1. The summed E-state index contributed by atoms with van der Waals surface area (Å²) < 4.78 is 13.7. The van der Waals surface area contributed by atoms with Crippen LogP contribution in [0.1, 0.15) is 5.56 Å². The molecule has 10 heteroatoms.